The molecule has 0 aliphatic rings. The minimum Gasteiger partial charge on any atom is -0.481 e. The lowest BCUT2D eigenvalue weighted by molar-refractivity contribution is -0.157. The van der Waals surface area contributed by atoms with Crippen molar-refractivity contribution < 1.29 is 32.6 Å². The molecule has 1 aromatic carbocycles. The highest BCUT2D eigenvalue weighted by atomic mass is 19.2. The maximum atomic E-state index is 14.0. The number of carbonyl (C=O) groups is 2. The Bertz CT molecular complexity index is 613. The van der Waals surface area contributed by atoms with Gasteiger partial charge in [-0.3, -0.25) is 9.59 Å². The molecular formula is C15H18F3NO4. The first-order valence-electron chi connectivity index (χ1n) is 6.77. The normalized spacial score (nSPS) is 14.2. The number of carboxylic acids is 1. The van der Waals surface area contributed by atoms with E-state index < -0.39 is 58.9 Å². The molecule has 5 nitrogen and oxygen atoms in total. The molecule has 0 aliphatic carbocycles. The SMILES string of the molecule is CC(C)(C)OC(=O)C(c1cc(F)c(F)cc1F)C(N)CC(=O)O. The topological polar surface area (TPSA) is 89.6 Å². The van der Waals surface area contributed by atoms with E-state index in [9.17, 15) is 22.8 Å². The Morgan fingerprint density at radius 2 is 1.70 bits per heavy atom. The number of ether oxygens (including phenoxy) is 1. The standard InChI is InChI=1S/C15H18F3NO4/c1-15(2,3)23-14(22)13(11(19)6-12(20)21)7-4-9(17)10(18)5-8(7)16/h4-5,11,13H,6,19H2,1-3H3,(H,20,21). The lowest BCUT2D eigenvalue weighted by Crippen LogP contribution is -2.39. The third-order valence-electron chi connectivity index (χ3n) is 2.87. The monoisotopic (exact) mass is 333 g/mol. The molecule has 8 heteroatoms. The minimum atomic E-state index is -1.58. The van der Waals surface area contributed by atoms with Crippen LogP contribution in [0, 0.1) is 17.5 Å². The molecule has 2 unspecified atom stereocenters. The molecule has 128 valence electrons. The number of esters is 1. The molecule has 1 aromatic rings. The van der Waals surface area contributed by atoms with Gasteiger partial charge in [0.05, 0.1) is 6.42 Å². The van der Waals surface area contributed by atoms with Crippen molar-refractivity contribution in [3.63, 3.8) is 0 Å². The molecule has 0 amide bonds. The molecule has 2 atom stereocenters. The summed E-state index contributed by atoms with van der Waals surface area (Å²) in [5.74, 6) is -7.94. The lowest BCUT2D eigenvalue weighted by atomic mass is 9.89. The van der Waals surface area contributed by atoms with Gasteiger partial charge in [0.25, 0.3) is 0 Å². The predicted octanol–water partition coefficient (Wildman–Crippen LogP) is 2.33. The van der Waals surface area contributed by atoms with Crippen molar-refractivity contribution in [2.75, 3.05) is 0 Å². The van der Waals surface area contributed by atoms with Crippen molar-refractivity contribution in [2.45, 2.75) is 44.8 Å². The molecule has 0 saturated carbocycles. The number of nitrogens with two attached hydrogens (primary N) is 1. The number of aliphatic carboxylic acids is 1. The predicted molar refractivity (Wildman–Crippen MR) is 75.1 cm³/mol. The van der Waals surface area contributed by atoms with E-state index in [-0.39, 0.29) is 6.07 Å². The van der Waals surface area contributed by atoms with E-state index in [1.165, 1.54) is 0 Å². The Hall–Kier alpha value is -2.09. The van der Waals surface area contributed by atoms with Crippen LogP contribution in [0.15, 0.2) is 12.1 Å². The quantitative estimate of drug-likeness (QED) is 0.638. The smallest absolute Gasteiger partial charge is 0.315 e. The van der Waals surface area contributed by atoms with Gasteiger partial charge in [0.2, 0.25) is 0 Å². The number of hydrogen-bond donors (Lipinski definition) is 2. The van der Waals surface area contributed by atoms with E-state index in [0.29, 0.717) is 6.07 Å². The van der Waals surface area contributed by atoms with Crippen molar-refractivity contribution in [1.29, 1.82) is 0 Å². The summed E-state index contributed by atoms with van der Waals surface area (Å²) in [5, 5.41) is 8.80. The Kier molecular flexibility index (Phi) is 5.76. The Labute approximate surface area is 131 Å². The van der Waals surface area contributed by atoms with Gasteiger partial charge in [0.15, 0.2) is 11.6 Å². The van der Waals surface area contributed by atoms with Crippen LogP contribution in [-0.4, -0.2) is 28.7 Å². The highest BCUT2D eigenvalue weighted by molar-refractivity contribution is 5.81. The summed E-state index contributed by atoms with van der Waals surface area (Å²) in [5.41, 5.74) is 4.16. The molecule has 0 aromatic heterocycles. The van der Waals surface area contributed by atoms with E-state index >= 15 is 0 Å². The second kappa shape index (κ2) is 6.99. The molecule has 0 bridgehead atoms. The fourth-order valence-electron chi connectivity index (χ4n) is 1.99. The molecule has 0 fully saturated rings. The molecule has 0 saturated heterocycles. The van der Waals surface area contributed by atoms with Crippen LogP contribution in [0.25, 0.3) is 0 Å². The number of carboxylic acid groups (broad SMARTS) is 1. The molecule has 23 heavy (non-hydrogen) atoms. The molecule has 0 heterocycles. The molecule has 3 N–H and O–H groups in total. The fraction of sp³-hybridized carbons (Fsp3) is 0.467. The van der Waals surface area contributed by atoms with Crippen molar-refractivity contribution in [3.8, 4) is 0 Å². The molecule has 1 rings (SSSR count). The third kappa shape index (κ3) is 5.24. The van der Waals surface area contributed by atoms with E-state index in [0.717, 1.165) is 0 Å². The molecular weight excluding hydrogens is 315 g/mol. The summed E-state index contributed by atoms with van der Waals surface area (Å²) in [6.45, 7) is 4.64. The highest BCUT2D eigenvalue weighted by Crippen LogP contribution is 2.28. The number of hydrogen-bond acceptors (Lipinski definition) is 4. The Balaban J connectivity index is 3.31. The van der Waals surface area contributed by atoms with Crippen LogP contribution in [-0.2, 0) is 14.3 Å². The van der Waals surface area contributed by atoms with Crippen LogP contribution in [0.2, 0.25) is 0 Å². The maximum Gasteiger partial charge on any atom is 0.315 e. The largest absolute Gasteiger partial charge is 0.481 e. The summed E-state index contributed by atoms with van der Waals surface area (Å²) < 4.78 is 45.5. The zero-order valence-corrected chi connectivity index (χ0v) is 12.9. The fourth-order valence-corrected chi connectivity index (χ4v) is 1.99. The summed E-state index contributed by atoms with van der Waals surface area (Å²) >= 11 is 0. The number of rotatable bonds is 5. The maximum absolute atomic E-state index is 14.0. The Morgan fingerprint density at radius 1 is 1.17 bits per heavy atom. The van der Waals surface area contributed by atoms with Gasteiger partial charge in [-0.15, -0.1) is 0 Å². The van der Waals surface area contributed by atoms with Crippen LogP contribution < -0.4 is 5.73 Å². The molecule has 0 spiro atoms. The average molecular weight is 333 g/mol. The number of benzene rings is 1. The highest BCUT2D eigenvalue weighted by Gasteiger charge is 2.35. The van der Waals surface area contributed by atoms with E-state index in [2.05, 4.69) is 0 Å². The van der Waals surface area contributed by atoms with Gasteiger partial charge in [0.1, 0.15) is 17.3 Å². The van der Waals surface area contributed by atoms with Gasteiger partial charge in [-0.2, -0.15) is 0 Å². The molecule has 0 aliphatic heterocycles. The first kappa shape index (κ1) is 19.0. The van der Waals surface area contributed by atoms with Gasteiger partial charge < -0.3 is 15.6 Å². The van der Waals surface area contributed by atoms with Gasteiger partial charge in [0, 0.05) is 17.7 Å². The van der Waals surface area contributed by atoms with E-state index in [4.69, 9.17) is 15.6 Å². The number of carbonyl (C=O) groups excluding carboxylic acids is 1. The summed E-state index contributed by atoms with van der Waals surface area (Å²) in [7, 11) is 0. The van der Waals surface area contributed by atoms with Gasteiger partial charge in [-0.25, -0.2) is 13.2 Å². The lowest BCUT2D eigenvalue weighted by Gasteiger charge is -2.27. The minimum absolute atomic E-state index is 0.273. The van der Waals surface area contributed by atoms with Crippen LogP contribution in [0.4, 0.5) is 13.2 Å². The van der Waals surface area contributed by atoms with Crippen LogP contribution >= 0.6 is 0 Å². The second-order valence-corrected chi connectivity index (χ2v) is 6.06. The van der Waals surface area contributed by atoms with E-state index in [1.54, 1.807) is 20.8 Å². The van der Waals surface area contributed by atoms with Crippen LogP contribution in [0.1, 0.15) is 38.7 Å². The van der Waals surface area contributed by atoms with Crippen molar-refractivity contribution >= 4 is 11.9 Å². The Morgan fingerprint density at radius 3 is 2.17 bits per heavy atom. The first-order valence-corrected chi connectivity index (χ1v) is 6.77. The summed E-state index contributed by atoms with van der Waals surface area (Å²) in [6, 6.07) is -0.613. The summed E-state index contributed by atoms with van der Waals surface area (Å²) in [6.07, 6.45) is -0.678. The van der Waals surface area contributed by atoms with Gasteiger partial charge >= 0.3 is 11.9 Å². The van der Waals surface area contributed by atoms with E-state index in [1.807, 2.05) is 0 Å². The van der Waals surface area contributed by atoms with Crippen molar-refractivity contribution in [2.24, 2.45) is 5.73 Å². The van der Waals surface area contributed by atoms with Crippen LogP contribution in [0.3, 0.4) is 0 Å². The van der Waals surface area contributed by atoms with Crippen molar-refractivity contribution in [1.82, 2.24) is 0 Å². The number of halogens is 3. The second-order valence-electron chi connectivity index (χ2n) is 6.06. The van der Waals surface area contributed by atoms with Gasteiger partial charge in [-0.1, -0.05) is 0 Å². The third-order valence-corrected chi connectivity index (χ3v) is 2.87. The molecule has 0 radical (unpaired) electrons. The van der Waals surface area contributed by atoms with Crippen molar-refractivity contribution in [3.05, 3.63) is 35.1 Å². The van der Waals surface area contributed by atoms with Gasteiger partial charge in [-0.05, 0) is 26.8 Å². The zero-order chi connectivity index (χ0) is 17.9. The average Bonchev–Trinajstić information content (AvgIpc) is 2.32. The first-order chi connectivity index (χ1) is 10.4. The zero-order valence-electron chi connectivity index (χ0n) is 12.9. The summed E-state index contributed by atoms with van der Waals surface area (Å²) in [4.78, 5) is 23.1. The van der Waals surface area contributed by atoms with Crippen LogP contribution in [0.5, 0.6) is 0 Å².